The fraction of sp³-hybridized carbons (Fsp3) is 0.462. The largest absolute Gasteiger partial charge is 0.276 e. The van der Waals surface area contributed by atoms with Crippen LogP contribution in [0.2, 0.25) is 0 Å². The van der Waals surface area contributed by atoms with Crippen molar-refractivity contribution in [1.29, 1.82) is 0 Å². The fourth-order valence-corrected chi connectivity index (χ4v) is 3.46. The van der Waals surface area contributed by atoms with E-state index in [0.29, 0.717) is 13.1 Å². The second-order valence-corrected chi connectivity index (χ2v) is 7.22. The summed E-state index contributed by atoms with van der Waals surface area (Å²) in [5.41, 5.74) is 2.50. The third kappa shape index (κ3) is 3.11. The van der Waals surface area contributed by atoms with Crippen LogP contribution < -0.4 is 0 Å². The van der Waals surface area contributed by atoms with E-state index in [0.717, 1.165) is 29.9 Å². The van der Waals surface area contributed by atoms with Gasteiger partial charge in [-0.3, -0.25) is 10.1 Å². The normalized spacial score (nSPS) is 18.0. The number of sulfonamides is 1. The number of hydrogen-bond donors (Lipinski definition) is 1. The first-order chi connectivity index (χ1) is 10.0. The topological polar surface area (TPSA) is 91.8 Å². The quantitative estimate of drug-likeness (QED) is 0.913. The Labute approximate surface area is 123 Å². The maximum Gasteiger partial charge on any atom is 0.211 e. The summed E-state index contributed by atoms with van der Waals surface area (Å²) in [7, 11) is -3.09. The van der Waals surface area contributed by atoms with E-state index in [1.807, 2.05) is 6.07 Å². The highest BCUT2D eigenvalue weighted by Crippen LogP contribution is 2.28. The minimum Gasteiger partial charge on any atom is -0.276 e. The molecule has 2 aromatic heterocycles. The van der Waals surface area contributed by atoms with Gasteiger partial charge in [-0.05, 0) is 18.9 Å². The predicted molar refractivity (Wildman–Crippen MR) is 78.0 cm³/mol. The van der Waals surface area contributed by atoms with Crippen LogP contribution in [-0.2, 0) is 10.0 Å². The molecule has 1 fully saturated rings. The molecule has 3 rings (SSSR count). The number of nitrogens with one attached hydrogen (secondary N) is 1. The second-order valence-electron chi connectivity index (χ2n) is 5.24. The van der Waals surface area contributed by atoms with Gasteiger partial charge in [-0.1, -0.05) is 0 Å². The van der Waals surface area contributed by atoms with Crippen LogP contribution in [0.15, 0.2) is 24.7 Å². The first-order valence-electron chi connectivity index (χ1n) is 6.81. The lowest BCUT2D eigenvalue weighted by Crippen LogP contribution is -2.37. The SMILES string of the molecule is CS(=O)(=O)N1CCC(c2cncc(-c3ccn[nH]3)n2)CC1. The monoisotopic (exact) mass is 307 g/mol. The lowest BCUT2D eigenvalue weighted by atomic mass is 9.95. The van der Waals surface area contributed by atoms with E-state index >= 15 is 0 Å². The zero-order valence-corrected chi connectivity index (χ0v) is 12.5. The molecule has 1 saturated heterocycles. The van der Waals surface area contributed by atoms with Crippen LogP contribution in [0.5, 0.6) is 0 Å². The van der Waals surface area contributed by atoms with Crippen LogP contribution in [0.25, 0.3) is 11.4 Å². The zero-order chi connectivity index (χ0) is 14.9. The first kappa shape index (κ1) is 14.2. The summed E-state index contributed by atoms with van der Waals surface area (Å²) in [5, 5.41) is 6.78. The molecule has 1 N–H and O–H groups in total. The van der Waals surface area contributed by atoms with E-state index in [4.69, 9.17) is 0 Å². The van der Waals surface area contributed by atoms with Crippen molar-refractivity contribution in [2.45, 2.75) is 18.8 Å². The molecule has 0 unspecified atom stereocenters. The van der Waals surface area contributed by atoms with Gasteiger partial charge in [0.05, 0.1) is 23.8 Å². The number of H-pyrrole nitrogens is 1. The Balaban J connectivity index is 1.76. The molecule has 0 aromatic carbocycles. The van der Waals surface area contributed by atoms with Gasteiger partial charge < -0.3 is 0 Å². The molecule has 0 amide bonds. The van der Waals surface area contributed by atoms with Crippen LogP contribution in [0, 0.1) is 0 Å². The smallest absolute Gasteiger partial charge is 0.211 e. The van der Waals surface area contributed by atoms with Crippen LogP contribution in [0.3, 0.4) is 0 Å². The maximum absolute atomic E-state index is 11.5. The van der Waals surface area contributed by atoms with Crippen LogP contribution in [0.1, 0.15) is 24.5 Å². The van der Waals surface area contributed by atoms with Crippen molar-refractivity contribution in [1.82, 2.24) is 24.5 Å². The van der Waals surface area contributed by atoms with Crippen molar-refractivity contribution in [3.8, 4) is 11.4 Å². The van der Waals surface area contributed by atoms with Crippen LogP contribution in [-0.4, -0.2) is 52.2 Å². The van der Waals surface area contributed by atoms with Crippen molar-refractivity contribution < 1.29 is 8.42 Å². The highest BCUT2D eigenvalue weighted by atomic mass is 32.2. The van der Waals surface area contributed by atoms with E-state index in [9.17, 15) is 8.42 Å². The summed E-state index contributed by atoms with van der Waals surface area (Å²) in [4.78, 5) is 8.87. The van der Waals surface area contributed by atoms with Gasteiger partial charge >= 0.3 is 0 Å². The highest BCUT2D eigenvalue weighted by molar-refractivity contribution is 7.88. The van der Waals surface area contributed by atoms with E-state index in [2.05, 4.69) is 20.2 Å². The third-order valence-electron chi connectivity index (χ3n) is 3.77. The minimum atomic E-state index is -3.09. The molecule has 3 heterocycles. The van der Waals surface area contributed by atoms with Gasteiger partial charge in [-0.25, -0.2) is 17.7 Å². The summed E-state index contributed by atoms with van der Waals surface area (Å²) in [5.74, 6) is 0.248. The van der Waals surface area contributed by atoms with E-state index in [1.54, 1.807) is 18.6 Å². The molecular weight excluding hydrogens is 290 g/mol. The van der Waals surface area contributed by atoms with Gasteiger partial charge in [0.1, 0.15) is 5.69 Å². The van der Waals surface area contributed by atoms with Gasteiger partial charge in [0.15, 0.2) is 0 Å². The zero-order valence-electron chi connectivity index (χ0n) is 11.7. The van der Waals surface area contributed by atoms with Crippen molar-refractivity contribution in [2.24, 2.45) is 0 Å². The van der Waals surface area contributed by atoms with Crippen molar-refractivity contribution in [2.75, 3.05) is 19.3 Å². The number of hydrogen-bond acceptors (Lipinski definition) is 5. The second kappa shape index (κ2) is 5.53. The predicted octanol–water partition coefficient (Wildman–Crippen LogP) is 1.01. The highest BCUT2D eigenvalue weighted by Gasteiger charge is 2.26. The van der Waals surface area contributed by atoms with E-state index in [1.165, 1.54) is 10.6 Å². The molecule has 0 bridgehead atoms. The van der Waals surface area contributed by atoms with Gasteiger partial charge in [0.2, 0.25) is 10.0 Å². The molecule has 2 aromatic rings. The molecule has 0 aliphatic carbocycles. The number of aromatic nitrogens is 4. The molecule has 7 nitrogen and oxygen atoms in total. The van der Waals surface area contributed by atoms with E-state index in [-0.39, 0.29) is 5.92 Å². The molecule has 0 spiro atoms. The average molecular weight is 307 g/mol. The summed E-state index contributed by atoms with van der Waals surface area (Å²) >= 11 is 0. The molecule has 8 heteroatoms. The molecule has 112 valence electrons. The Hall–Kier alpha value is -1.80. The number of rotatable bonds is 3. The van der Waals surface area contributed by atoms with E-state index < -0.39 is 10.0 Å². The van der Waals surface area contributed by atoms with Gasteiger partial charge in [0, 0.05) is 31.4 Å². The Kier molecular flexibility index (Phi) is 3.73. The van der Waals surface area contributed by atoms with Crippen molar-refractivity contribution in [3.63, 3.8) is 0 Å². The fourth-order valence-electron chi connectivity index (χ4n) is 2.59. The Bertz CT molecular complexity index is 706. The standard InChI is InChI=1S/C13H17N5O2S/c1-21(19,20)18-6-3-10(4-7-18)12-8-14-9-13(16-12)11-2-5-15-17-11/h2,5,8-10H,3-4,6-7H2,1H3,(H,15,17). The molecule has 1 aliphatic rings. The number of piperidine rings is 1. The molecule has 1 aliphatic heterocycles. The molecular formula is C13H17N5O2S. The lowest BCUT2D eigenvalue weighted by Gasteiger charge is -2.29. The van der Waals surface area contributed by atoms with Crippen LogP contribution >= 0.6 is 0 Å². The lowest BCUT2D eigenvalue weighted by molar-refractivity contribution is 0.318. The first-order valence-corrected chi connectivity index (χ1v) is 8.65. The summed E-state index contributed by atoms with van der Waals surface area (Å²) in [6.07, 6.45) is 7.94. The molecule has 0 saturated carbocycles. The Morgan fingerprint density at radius 2 is 2.05 bits per heavy atom. The number of aromatic amines is 1. The molecule has 0 radical (unpaired) electrons. The van der Waals surface area contributed by atoms with Crippen molar-refractivity contribution >= 4 is 10.0 Å². The molecule has 21 heavy (non-hydrogen) atoms. The summed E-state index contributed by atoms with van der Waals surface area (Å²) in [6, 6.07) is 1.85. The van der Waals surface area contributed by atoms with Crippen LogP contribution in [0.4, 0.5) is 0 Å². The number of nitrogens with zero attached hydrogens (tertiary/aromatic N) is 4. The molecule has 0 atom stereocenters. The average Bonchev–Trinajstić information content (AvgIpc) is 3.01. The Morgan fingerprint density at radius 3 is 2.67 bits per heavy atom. The third-order valence-corrected chi connectivity index (χ3v) is 5.07. The van der Waals surface area contributed by atoms with Gasteiger partial charge in [0.25, 0.3) is 0 Å². The summed E-state index contributed by atoms with van der Waals surface area (Å²) < 4.78 is 24.6. The van der Waals surface area contributed by atoms with Crippen molar-refractivity contribution in [3.05, 3.63) is 30.4 Å². The van der Waals surface area contributed by atoms with Gasteiger partial charge in [-0.15, -0.1) is 0 Å². The summed E-state index contributed by atoms with van der Waals surface area (Å²) in [6.45, 7) is 1.08. The maximum atomic E-state index is 11.5. The Morgan fingerprint density at radius 1 is 1.29 bits per heavy atom. The minimum absolute atomic E-state index is 0.248. The van der Waals surface area contributed by atoms with Gasteiger partial charge in [-0.2, -0.15) is 5.10 Å².